The van der Waals surface area contributed by atoms with Crippen molar-refractivity contribution in [1.29, 1.82) is 0 Å². The molecule has 0 bridgehead atoms. The Kier molecular flexibility index (Phi) is 2.87. The molecule has 0 fully saturated rings. The Morgan fingerprint density at radius 1 is 1.50 bits per heavy atom. The van der Waals surface area contributed by atoms with Gasteiger partial charge >= 0.3 is 0 Å². The molecule has 3 heteroatoms. The Morgan fingerprint density at radius 2 is 2.17 bits per heavy atom. The molecule has 0 aliphatic heterocycles. The lowest BCUT2D eigenvalue weighted by atomic mass is 10.1. The molecule has 0 aliphatic rings. The Balaban J connectivity index is 2.86. The van der Waals surface area contributed by atoms with Crippen molar-refractivity contribution >= 4 is 0 Å². The van der Waals surface area contributed by atoms with Crippen LogP contribution in [0.25, 0.3) is 0 Å². The average molecular weight is 168 g/mol. The Labute approximate surface area is 73.1 Å². The lowest BCUT2D eigenvalue weighted by molar-refractivity contribution is 0.255. The summed E-state index contributed by atoms with van der Waals surface area (Å²) >= 11 is 0. The smallest absolute Gasteiger partial charge is 0.134 e. The molecular formula is C9H16N2O. The SMILES string of the molecule is CC(C)[C@H](C)n1ccnc1CO. The molecule has 0 aliphatic carbocycles. The standard InChI is InChI=1S/C9H16N2O/c1-7(2)8(3)11-5-4-10-9(11)6-12/h4-5,7-8,12H,6H2,1-3H3/t8-/m0/s1. The molecule has 0 saturated heterocycles. The highest BCUT2D eigenvalue weighted by Gasteiger charge is 2.11. The topological polar surface area (TPSA) is 38.0 Å². The van der Waals surface area contributed by atoms with E-state index in [0.29, 0.717) is 12.0 Å². The maximum atomic E-state index is 8.95. The van der Waals surface area contributed by atoms with Crippen molar-refractivity contribution in [2.75, 3.05) is 0 Å². The Morgan fingerprint density at radius 3 is 2.67 bits per heavy atom. The van der Waals surface area contributed by atoms with Gasteiger partial charge in [-0.2, -0.15) is 0 Å². The first-order chi connectivity index (χ1) is 5.66. The van der Waals surface area contributed by atoms with Crippen molar-refractivity contribution < 1.29 is 5.11 Å². The van der Waals surface area contributed by atoms with Crippen molar-refractivity contribution in [3.63, 3.8) is 0 Å². The minimum Gasteiger partial charge on any atom is -0.388 e. The average Bonchev–Trinajstić information content (AvgIpc) is 2.49. The molecule has 1 aromatic rings. The number of aliphatic hydroxyl groups is 1. The van der Waals surface area contributed by atoms with Gasteiger partial charge in [-0.3, -0.25) is 0 Å². The normalized spacial score (nSPS) is 13.8. The van der Waals surface area contributed by atoms with Crippen LogP contribution in [0.5, 0.6) is 0 Å². The number of hydrogen-bond donors (Lipinski definition) is 1. The molecule has 1 heterocycles. The van der Waals surface area contributed by atoms with Crippen LogP contribution in [0.4, 0.5) is 0 Å². The third kappa shape index (κ3) is 1.67. The van der Waals surface area contributed by atoms with Crippen LogP contribution in [0.15, 0.2) is 12.4 Å². The summed E-state index contributed by atoms with van der Waals surface area (Å²) in [4.78, 5) is 4.05. The van der Waals surface area contributed by atoms with Gasteiger partial charge in [0, 0.05) is 18.4 Å². The van der Waals surface area contributed by atoms with E-state index in [0.717, 1.165) is 5.82 Å². The van der Waals surface area contributed by atoms with E-state index in [1.807, 2.05) is 10.8 Å². The highest BCUT2D eigenvalue weighted by atomic mass is 16.3. The van der Waals surface area contributed by atoms with E-state index in [4.69, 9.17) is 5.11 Å². The fourth-order valence-electron chi connectivity index (χ4n) is 1.16. The number of imidazole rings is 1. The van der Waals surface area contributed by atoms with Crippen LogP contribution in [0.1, 0.15) is 32.6 Å². The zero-order chi connectivity index (χ0) is 9.14. The van der Waals surface area contributed by atoms with Crippen LogP contribution >= 0.6 is 0 Å². The fraction of sp³-hybridized carbons (Fsp3) is 0.667. The van der Waals surface area contributed by atoms with Gasteiger partial charge in [0.2, 0.25) is 0 Å². The monoisotopic (exact) mass is 168 g/mol. The van der Waals surface area contributed by atoms with E-state index in [1.54, 1.807) is 6.20 Å². The van der Waals surface area contributed by atoms with Gasteiger partial charge in [0.15, 0.2) is 0 Å². The third-order valence-electron chi connectivity index (χ3n) is 2.29. The molecule has 0 radical (unpaired) electrons. The number of aliphatic hydroxyl groups excluding tert-OH is 1. The number of aromatic nitrogens is 2. The van der Waals surface area contributed by atoms with Gasteiger partial charge in [0.1, 0.15) is 12.4 Å². The van der Waals surface area contributed by atoms with Gasteiger partial charge in [-0.25, -0.2) is 4.98 Å². The molecule has 0 saturated carbocycles. The van der Waals surface area contributed by atoms with Gasteiger partial charge in [-0.05, 0) is 12.8 Å². The predicted octanol–water partition coefficient (Wildman–Crippen LogP) is 1.59. The van der Waals surface area contributed by atoms with Crippen LogP contribution in [0.3, 0.4) is 0 Å². The van der Waals surface area contributed by atoms with Crippen LogP contribution in [-0.4, -0.2) is 14.7 Å². The third-order valence-corrected chi connectivity index (χ3v) is 2.29. The van der Waals surface area contributed by atoms with Gasteiger partial charge in [-0.15, -0.1) is 0 Å². The molecule has 0 unspecified atom stereocenters. The summed E-state index contributed by atoms with van der Waals surface area (Å²) in [6.07, 6.45) is 3.64. The van der Waals surface area contributed by atoms with Gasteiger partial charge in [0.05, 0.1) is 0 Å². The van der Waals surface area contributed by atoms with Gasteiger partial charge in [-0.1, -0.05) is 13.8 Å². The second-order valence-corrected chi connectivity index (χ2v) is 3.39. The first-order valence-corrected chi connectivity index (χ1v) is 4.29. The van der Waals surface area contributed by atoms with Gasteiger partial charge in [0.25, 0.3) is 0 Å². The van der Waals surface area contributed by atoms with Gasteiger partial charge < -0.3 is 9.67 Å². The van der Waals surface area contributed by atoms with Crippen molar-refractivity contribution in [2.45, 2.75) is 33.4 Å². The Bertz CT molecular complexity index is 242. The van der Waals surface area contributed by atoms with Crippen molar-refractivity contribution in [2.24, 2.45) is 5.92 Å². The number of nitrogens with zero attached hydrogens (tertiary/aromatic N) is 2. The molecule has 3 nitrogen and oxygen atoms in total. The summed E-state index contributed by atoms with van der Waals surface area (Å²) in [5.41, 5.74) is 0. The molecule has 12 heavy (non-hydrogen) atoms. The highest BCUT2D eigenvalue weighted by molar-refractivity contribution is 4.93. The summed E-state index contributed by atoms with van der Waals surface area (Å²) in [5.74, 6) is 1.31. The highest BCUT2D eigenvalue weighted by Crippen LogP contribution is 2.17. The summed E-state index contributed by atoms with van der Waals surface area (Å²) in [7, 11) is 0. The van der Waals surface area contributed by atoms with Crippen LogP contribution in [-0.2, 0) is 6.61 Å². The van der Waals surface area contributed by atoms with E-state index in [9.17, 15) is 0 Å². The quantitative estimate of drug-likeness (QED) is 0.744. The fourth-order valence-corrected chi connectivity index (χ4v) is 1.16. The molecule has 1 atom stereocenters. The molecule has 0 amide bonds. The van der Waals surface area contributed by atoms with Crippen molar-refractivity contribution in [1.82, 2.24) is 9.55 Å². The Hall–Kier alpha value is -0.830. The largest absolute Gasteiger partial charge is 0.388 e. The molecule has 0 spiro atoms. The maximum Gasteiger partial charge on any atom is 0.134 e. The molecular weight excluding hydrogens is 152 g/mol. The second-order valence-electron chi connectivity index (χ2n) is 3.39. The summed E-state index contributed by atoms with van der Waals surface area (Å²) in [6, 6.07) is 0.398. The lowest BCUT2D eigenvalue weighted by Crippen LogP contribution is -2.13. The molecule has 1 aromatic heterocycles. The van der Waals surface area contributed by atoms with Crippen molar-refractivity contribution in [3.05, 3.63) is 18.2 Å². The minimum absolute atomic E-state index is 0.0179. The predicted molar refractivity (Wildman–Crippen MR) is 47.7 cm³/mol. The first-order valence-electron chi connectivity index (χ1n) is 4.29. The summed E-state index contributed by atoms with van der Waals surface area (Å²) in [6.45, 7) is 6.47. The van der Waals surface area contributed by atoms with Crippen molar-refractivity contribution in [3.8, 4) is 0 Å². The van der Waals surface area contributed by atoms with E-state index in [-0.39, 0.29) is 6.61 Å². The van der Waals surface area contributed by atoms with Crippen LogP contribution < -0.4 is 0 Å². The van der Waals surface area contributed by atoms with E-state index in [1.165, 1.54) is 0 Å². The zero-order valence-electron chi connectivity index (χ0n) is 7.86. The van der Waals surface area contributed by atoms with E-state index in [2.05, 4.69) is 25.8 Å². The summed E-state index contributed by atoms with van der Waals surface area (Å²) in [5, 5.41) is 8.95. The minimum atomic E-state index is 0.0179. The van der Waals surface area contributed by atoms with Crippen LogP contribution in [0, 0.1) is 5.92 Å². The van der Waals surface area contributed by atoms with E-state index >= 15 is 0 Å². The number of rotatable bonds is 3. The lowest BCUT2D eigenvalue weighted by Gasteiger charge is -2.18. The molecule has 0 aromatic carbocycles. The second kappa shape index (κ2) is 3.72. The number of hydrogen-bond acceptors (Lipinski definition) is 2. The zero-order valence-corrected chi connectivity index (χ0v) is 7.86. The van der Waals surface area contributed by atoms with E-state index < -0.39 is 0 Å². The van der Waals surface area contributed by atoms with Crippen LogP contribution in [0.2, 0.25) is 0 Å². The molecule has 68 valence electrons. The molecule has 1 N–H and O–H groups in total. The first kappa shape index (κ1) is 9.26. The molecule has 1 rings (SSSR count). The summed E-state index contributed by atoms with van der Waals surface area (Å²) < 4.78 is 2.02. The maximum absolute atomic E-state index is 8.95.